The molecule has 1 aromatic carbocycles. The van der Waals surface area contributed by atoms with Gasteiger partial charge < -0.3 is 11.1 Å². The van der Waals surface area contributed by atoms with Gasteiger partial charge in [0.25, 0.3) is 5.91 Å². The summed E-state index contributed by atoms with van der Waals surface area (Å²) in [6.07, 6.45) is 0. The third-order valence-electron chi connectivity index (χ3n) is 2.78. The number of nitrogens with two attached hydrogens (primary N) is 1. The van der Waals surface area contributed by atoms with Crippen LogP contribution in [-0.4, -0.2) is 10.9 Å². The van der Waals surface area contributed by atoms with Crippen LogP contribution >= 0.6 is 0 Å². The fourth-order valence-corrected chi connectivity index (χ4v) is 1.78. The molecule has 0 unspecified atom stereocenters. The first-order valence-electron chi connectivity index (χ1n) is 5.88. The Labute approximate surface area is 114 Å². The highest BCUT2D eigenvalue weighted by atomic mass is 19.1. The van der Waals surface area contributed by atoms with Gasteiger partial charge in [0, 0.05) is 5.69 Å². The van der Waals surface area contributed by atoms with E-state index in [-0.39, 0.29) is 0 Å². The van der Waals surface area contributed by atoms with Gasteiger partial charge in [0.2, 0.25) is 0 Å². The fourth-order valence-electron chi connectivity index (χ4n) is 1.78. The number of amides is 1. The minimum absolute atomic E-state index is 0.408. The van der Waals surface area contributed by atoms with E-state index in [1.54, 1.807) is 19.1 Å². The van der Waals surface area contributed by atoms with Gasteiger partial charge >= 0.3 is 0 Å². The highest BCUT2D eigenvalue weighted by Gasteiger charge is 2.17. The lowest BCUT2D eigenvalue weighted by molar-refractivity contribution is 0.102. The number of carbonyl (C=O) groups is 1. The topological polar surface area (TPSA) is 68.0 Å². The maximum absolute atomic E-state index is 13.7. The average molecular weight is 277 g/mol. The van der Waals surface area contributed by atoms with E-state index in [2.05, 4.69) is 10.3 Å². The Morgan fingerprint density at radius 1 is 1.25 bits per heavy atom. The van der Waals surface area contributed by atoms with Gasteiger partial charge in [-0.2, -0.15) is 0 Å². The number of hydrogen-bond acceptors (Lipinski definition) is 3. The van der Waals surface area contributed by atoms with Gasteiger partial charge in [0.1, 0.15) is 5.82 Å². The molecule has 0 aliphatic carbocycles. The first-order valence-corrected chi connectivity index (χ1v) is 5.88. The van der Waals surface area contributed by atoms with Crippen LogP contribution in [0.2, 0.25) is 0 Å². The Kier molecular flexibility index (Phi) is 3.65. The molecule has 0 spiro atoms. The van der Waals surface area contributed by atoms with Gasteiger partial charge in [-0.1, -0.05) is 0 Å². The Bertz CT molecular complexity index is 686. The molecular weight excluding hydrogens is 264 g/mol. The highest BCUT2D eigenvalue weighted by molar-refractivity contribution is 6.05. The number of nitrogens with zero attached hydrogens (tertiary/aromatic N) is 1. The molecule has 2 rings (SSSR count). The van der Waals surface area contributed by atoms with Crippen molar-refractivity contribution >= 4 is 17.3 Å². The van der Waals surface area contributed by atoms with Crippen LogP contribution in [0.1, 0.15) is 21.7 Å². The van der Waals surface area contributed by atoms with Crippen LogP contribution in [0.15, 0.2) is 24.3 Å². The maximum atomic E-state index is 13.7. The van der Waals surface area contributed by atoms with Crippen molar-refractivity contribution in [2.24, 2.45) is 0 Å². The molecule has 0 bridgehead atoms. The summed E-state index contributed by atoms with van der Waals surface area (Å²) in [6, 6.07) is 4.98. The average Bonchev–Trinajstić information content (AvgIpc) is 2.37. The van der Waals surface area contributed by atoms with Crippen LogP contribution in [0.25, 0.3) is 0 Å². The van der Waals surface area contributed by atoms with Gasteiger partial charge in [-0.05, 0) is 38.1 Å². The number of pyridine rings is 1. The van der Waals surface area contributed by atoms with E-state index in [9.17, 15) is 13.6 Å². The second kappa shape index (κ2) is 5.24. The minimum Gasteiger partial charge on any atom is -0.396 e. The summed E-state index contributed by atoms with van der Waals surface area (Å²) in [5.41, 5.74) is 6.26. The Balaban J connectivity index is 2.33. The first kappa shape index (κ1) is 13.9. The van der Waals surface area contributed by atoms with E-state index < -0.39 is 28.8 Å². The van der Waals surface area contributed by atoms with Crippen molar-refractivity contribution in [1.82, 2.24) is 4.98 Å². The van der Waals surface area contributed by atoms with Crippen molar-refractivity contribution < 1.29 is 13.6 Å². The molecular formula is C14H13F2N3O. The summed E-state index contributed by atoms with van der Waals surface area (Å²) in [4.78, 5) is 16.1. The van der Waals surface area contributed by atoms with Crippen molar-refractivity contribution in [2.75, 3.05) is 11.1 Å². The second-order valence-corrected chi connectivity index (χ2v) is 4.40. The smallest absolute Gasteiger partial charge is 0.258 e. The summed E-state index contributed by atoms with van der Waals surface area (Å²) < 4.78 is 26.9. The van der Waals surface area contributed by atoms with Gasteiger partial charge in [0.15, 0.2) is 5.82 Å². The lowest BCUT2D eigenvalue weighted by Crippen LogP contribution is -2.16. The van der Waals surface area contributed by atoms with E-state index >= 15 is 0 Å². The monoisotopic (exact) mass is 277 g/mol. The Hall–Kier alpha value is -2.50. The molecule has 4 nitrogen and oxygen atoms in total. The molecule has 1 aromatic heterocycles. The number of nitrogen functional groups attached to an aromatic ring is 1. The van der Waals surface area contributed by atoms with E-state index in [1.165, 1.54) is 0 Å². The van der Waals surface area contributed by atoms with E-state index in [0.717, 1.165) is 17.8 Å². The molecule has 0 aliphatic heterocycles. The number of aryl methyl sites for hydroxylation is 2. The van der Waals surface area contributed by atoms with E-state index in [1.807, 2.05) is 6.92 Å². The summed E-state index contributed by atoms with van der Waals surface area (Å²) in [5, 5.41) is 2.49. The molecule has 0 saturated carbocycles. The molecule has 0 saturated heterocycles. The number of rotatable bonds is 2. The van der Waals surface area contributed by atoms with Crippen molar-refractivity contribution in [3.05, 3.63) is 52.9 Å². The van der Waals surface area contributed by atoms with Crippen LogP contribution in [0.4, 0.5) is 20.2 Å². The van der Waals surface area contributed by atoms with E-state index in [4.69, 9.17) is 5.73 Å². The number of benzene rings is 1. The standard InChI is InChI=1S/C14H13F2N3O/c1-7-3-4-12(8(2)18-7)19-14(20)10-5-9(15)6-11(17)13(10)16/h3-6H,17H2,1-2H3,(H,19,20). The zero-order valence-corrected chi connectivity index (χ0v) is 11.0. The molecule has 1 amide bonds. The third kappa shape index (κ3) is 2.74. The lowest BCUT2D eigenvalue weighted by Gasteiger charge is -2.10. The van der Waals surface area contributed by atoms with Gasteiger partial charge in [0.05, 0.1) is 22.6 Å². The predicted molar refractivity (Wildman–Crippen MR) is 72.4 cm³/mol. The summed E-state index contributed by atoms with van der Waals surface area (Å²) >= 11 is 0. The number of nitrogens with one attached hydrogen (secondary N) is 1. The Morgan fingerprint density at radius 2 is 1.95 bits per heavy atom. The van der Waals surface area contributed by atoms with Gasteiger partial charge in [-0.25, -0.2) is 8.78 Å². The summed E-state index contributed by atoms with van der Waals surface area (Å²) in [6.45, 7) is 3.52. The van der Waals surface area contributed by atoms with Gasteiger partial charge in [-0.15, -0.1) is 0 Å². The number of carbonyl (C=O) groups excluding carboxylic acids is 1. The largest absolute Gasteiger partial charge is 0.396 e. The molecule has 2 aromatic rings. The molecule has 3 N–H and O–H groups in total. The second-order valence-electron chi connectivity index (χ2n) is 4.40. The molecule has 104 valence electrons. The lowest BCUT2D eigenvalue weighted by atomic mass is 10.1. The quantitative estimate of drug-likeness (QED) is 0.829. The van der Waals surface area contributed by atoms with Crippen molar-refractivity contribution in [3.8, 4) is 0 Å². The maximum Gasteiger partial charge on any atom is 0.258 e. The van der Waals surface area contributed by atoms with Crippen molar-refractivity contribution in [2.45, 2.75) is 13.8 Å². The molecule has 0 aliphatic rings. The molecule has 0 radical (unpaired) electrons. The van der Waals surface area contributed by atoms with E-state index in [0.29, 0.717) is 11.4 Å². The molecule has 0 fully saturated rings. The fraction of sp³-hybridized carbons (Fsp3) is 0.143. The van der Waals surface area contributed by atoms with Crippen LogP contribution < -0.4 is 11.1 Å². The Morgan fingerprint density at radius 3 is 2.60 bits per heavy atom. The zero-order chi connectivity index (χ0) is 14.9. The number of anilines is 2. The van der Waals surface area contributed by atoms with Crippen LogP contribution in [0.5, 0.6) is 0 Å². The van der Waals surface area contributed by atoms with Crippen molar-refractivity contribution in [1.29, 1.82) is 0 Å². The predicted octanol–water partition coefficient (Wildman–Crippen LogP) is 2.81. The molecule has 20 heavy (non-hydrogen) atoms. The van der Waals surface area contributed by atoms with Crippen LogP contribution in [-0.2, 0) is 0 Å². The number of halogens is 2. The number of aromatic nitrogens is 1. The summed E-state index contributed by atoms with van der Waals surface area (Å²) in [5.74, 6) is -2.49. The minimum atomic E-state index is -0.943. The SMILES string of the molecule is Cc1ccc(NC(=O)c2cc(F)cc(N)c2F)c(C)n1. The van der Waals surface area contributed by atoms with Crippen molar-refractivity contribution in [3.63, 3.8) is 0 Å². The van der Waals surface area contributed by atoms with Gasteiger partial charge in [-0.3, -0.25) is 9.78 Å². The highest BCUT2D eigenvalue weighted by Crippen LogP contribution is 2.20. The normalized spacial score (nSPS) is 10.4. The van der Waals surface area contributed by atoms with Crippen LogP contribution in [0, 0.1) is 25.5 Å². The summed E-state index contributed by atoms with van der Waals surface area (Å²) in [7, 11) is 0. The first-order chi connectivity index (χ1) is 9.38. The molecule has 1 heterocycles. The third-order valence-corrected chi connectivity index (χ3v) is 2.78. The molecule has 6 heteroatoms. The molecule has 0 atom stereocenters. The zero-order valence-electron chi connectivity index (χ0n) is 11.0. The number of hydrogen-bond donors (Lipinski definition) is 2. The van der Waals surface area contributed by atoms with Crippen LogP contribution in [0.3, 0.4) is 0 Å².